The topological polar surface area (TPSA) is 72.9 Å². The highest BCUT2D eigenvalue weighted by molar-refractivity contribution is 7.21. The van der Waals surface area contributed by atoms with Crippen LogP contribution < -0.4 is 11.1 Å². The molecule has 20 heavy (non-hydrogen) atoms. The fourth-order valence-electron chi connectivity index (χ4n) is 2.72. The average molecular weight is 292 g/mol. The third-order valence-electron chi connectivity index (χ3n) is 4.32. The van der Waals surface area contributed by atoms with Gasteiger partial charge in [-0.2, -0.15) is 5.10 Å². The molecule has 0 saturated heterocycles. The van der Waals surface area contributed by atoms with Crippen molar-refractivity contribution in [1.82, 2.24) is 15.1 Å². The van der Waals surface area contributed by atoms with Crippen LogP contribution in [0.1, 0.15) is 35.6 Å². The van der Waals surface area contributed by atoms with Crippen LogP contribution in [0.4, 0.5) is 5.69 Å². The van der Waals surface area contributed by atoms with Gasteiger partial charge in [0.25, 0.3) is 5.91 Å². The predicted molar refractivity (Wildman–Crippen MR) is 82.0 cm³/mol. The van der Waals surface area contributed by atoms with E-state index in [1.54, 1.807) is 4.68 Å². The van der Waals surface area contributed by atoms with Gasteiger partial charge in [-0.15, -0.1) is 11.3 Å². The molecule has 1 atom stereocenters. The molecule has 0 aromatic carbocycles. The number of carbonyl (C=O) groups is 1. The number of thiophene rings is 1. The highest BCUT2D eigenvalue weighted by atomic mass is 32.1. The van der Waals surface area contributed by atoms with Crippen LogP contribution in [-0.2, 0) is 7.05 Å². The molecule has 1 saturated carbocycles. The molecule has 2 aromatic rings. The number of amides is 1. The summed E-state index contributed by atoms with van der Waals surface area (Å²) in [6, 6.07) is 0. The number of rotatable bonds is 3. The predicted octanol–water partition coefficient (Wildman–Crippen LogP) is 2.30. The fourth-order valence-corrected chi connectivity index (χ4v) is 3.82. The van der Waals surface area contributed by atoms with Crippen molar-refractivity contribution in [2.24, 2.45) is 18.4 Å². The van der Waals surface area contributed by atoms with Gasteiger partial charge in [-0.3, -0.25) is 9.48 Å². The summed E-state index contributed by atoms with van der Waals surface area (Å²) in [6.45, 7) is 7.11. The second kappa shape index (κ2) is 4.22. The van der Waals surface area contributed by atoms with E-state index in [1.165, 1.54) is 17.8 Å². The van der Waals surface area contributed by atoms with Gasteiger partial charge in [0, 0.05) is 13.6 Å². The summed E-state index contributed by atoms with van der Waals surface area (Å²) < 4.78 is 1.78. The zero-order valence-electron chi connectivity index (χ0n) is 12.3. The standard InChI is InChI=1S/C14H20N4OS/c1-7-9-10(15)11(20-13(9)18(4)17-7)12(19)16-6-8-5-14(8,2)3/h8H,5-6,15H2,1-4H3,(H,16,19). The lowest BCUT2D eigenvalue weighted by atomic mass is 10.1. The van der Waals surface area contributed by atoms with Gasteiger partial charge in [0.1, 0.15) is 9.71 Å². The Morgan fingerprint density at radius 3 is 2.80 bits per heavy atom. The molecular formula is C14H20N4OS. The minimum Gasteiger partial charge on any atom is -0.397 e. The second-order valence-corrected chi connectivity index (χ2v) is 7.33. The highest BCUT2D eigenvalue weighted by Gasteiger charge is 2.45. The molecule has 1 fully saturated rings. The molecule has 6 heteroatoms. The summed E-state index contributed by atoms with van der Waals surface area (Å²) >= 11 is 1.41. The number of fused-ring (bicyclic) bond motifs is 1. The largest absolute Gasteiger partial charge is 0.397 e. The molecule has 0 aliphatic heterocycles. The van der Waals surface area contributed by atoms with E-state index in [2.05, 4.69) is 24.3 Å². The third-order valence-corrected chi connectivity index (χ3v) is 5.59. The molecule has 5 nitrogen and oxygen atoms in total. The van der Waals surface area contributed by atoms with Crippen LogP contribution >= 0.6 is 11.3 Å². The Bertz CT molecular complexity index is 698. The minimum absolute atomic E-state index is 0.0641. The van der Waals surface area contributed by atoms with Crippen LogP contribution in [0.2, 0.25) is 0 Å². The maximum absolute atomic E-state index is 12.3. The summed E-state index contributed by atoms with van der Waals surface area (Å²) in [6.07, 6.45) is 1.18. The first-order valence-corrected chi connectivity index (χ1v) is 7.62. The summed E-state index contributed by atoms with van der Waals surface area (Å²) in [5, 5.41) is 8.25. The van der Waals surface area contributed by atoms with E-state index in [0.717, 1.165) is 22.5 Å². The maximum Gasteiger partial charge on any atom is 0.263 e. The van der Waals surface area contributed by atoms with Crippen LogP contribution in [0, 0.1) is 18.3 Å². The summed E-state index contributed by atoms with van der Waals surface area (Å²) in [5.74, 6) is 0.524. The SMILES string of the molecule is Cc1nn(C)c2sc(C(=O)NCC3CC3(C)C)c(N)c12. The van der Waals surface area contributed by atoms with Crippen molar-refractivity contribution in [3.8, 4) is 0 Å². The van der Waals surface area contributed by atoms with Gasteiger partial charge in [-0.05, 0) is 24.7 Å². The zero-order valence-corrected chi connectivity index (χ0v) is 13.1. The fraction of sp³-hybridized carbons (Fsp3) is 0.571. The van der Waals surface area contributed by atoms with Gasteiger partial charge in [-0.1, -0.05) is 13.8 Å². The van der Waals surface area contributed by atoms with E-state index < -0.39 is 0 Å². The first kappa shape index (κ1) is 13.4. The lowest BCUT2D eigenvalue weighted by Gasteiger charge is -2.06. The first-order valence-electron chi connectivity index (χ1n) is 6.81. The molecule has 0 bridgehead atoms. The molecule has 0 spiro atoms. The number of aromatic nitrogens is 2. The molecule has 2 aromatic heterocycles. The maximum atomic E-state index is 12.3. The summed E-state index contributed by atoms with van der Waals surface area (Å²) in [5.41, 5.74) is 7.93. The molecule has 1 amide bonds. The normalized spacial score (nSPS) is 20.3. The highest BCUT2D eigenvalue weighted by Crippen LogP contribution is 2.51. The molecule has 2 heterocycles. The van der Waals surface area contributed by atoms with Crippen molar-refractivity contribution < 1.29 is 4.79 Å². The molecule has 3 rings (SSSR count). The Balaban J connectivity index is 1.81. The number of hydrogen-bond acceptors (Lipinski definition) is 4. The van der Waals surface area contributed by atoms with Crippen molar-refractivity contribution in [3.05, 3.63) is 10.6 Å². The van der Waals surface area contributed by atoms with Crippen LogP contribution in [0.5, 0.6) is 0 Å². The second-order valence-electron chi connectivity index (χ2n) is 6.33. The van der Waals surface area contributed by atoms with Crippen molar-refractivity contribution in [2.45, 2.75) is 27.2 Å². The lowest BCUT2D eigenvalue weighted by molar-refractivity contribution is 0.0955. The van der Waals surface area contributed by atoms with Gasteiger partial charge in [0.2, 0.25) is 0 Å². The average Bonchev–Trinajstić information content (AvgIpc) is 2.69. The Kier molecular flexibility index (Phi) is 2.83. The molecule has 1 aliphatic rings. The van der Waals surface area contributed by atoms with E-state index >= 15 is 0 Å². The van der Waals surface area contributed by atoms with Crippen LogP contribution in [0.3, 0.4) is 0 Å². The van der Waals surface area contributed by atoms with E-state index in [-0.39, 0.29) is 5.91 Å². The Labute approximate surface area is 122 Å². The zero-order chi connectivity index (χ0) is 14.7. The molecule has 0 radical (unpaired) electrons. The van der Waals surface area contributed by atoms with E-state index in [4.69, 9.17) is 5.73 Å². The van der Waals surface area contributed by atoms with Gasteiger partial charge in [0.05, 0.1) is 16.8 Å². The van der Waals surface area contributed by atoms with Crippen LogP contribution in [0.15, 0.2) is 0 Å². The number of anilines is 1. The summed E-state index contributed by atoms with van der Waals surface area (Å²) in [7, 11) is 1.87. The van der Waals surface area contributed by atoms with Gasteiger partial charge >= 0.3 is 0 Å². The minimum atomic E-state index is -0.0641. The number of nitrogens with two attached hydrogens (primary N) is 1. The van der Waals surface area contributed by atoms with Crippen molar-refractivity contribution >= 4 is 33.1 Å². The van der Waals surface area contributed by atoms with Gasteiger partial charge in [0.15, 0.2) is 0 Å². The molecule has 1 aliphatic carbocycles. The smallest absolute Gasteiger partial charge is 0.263 e. The quantitative estimate of drug-likeness (QED) is 0.911. The molecule has 1 unspecified atom stereocenters. The van der Waals surface area contributed by atoms with Crippen LogP contribution in [-0.4, -0.2) is 22.2 Å². The number of carbonyl (C=O) groups excluding carboxylic acids is 1. The number of nitrogen functional groups attached to an aromatic ring is 1. The van der Waals surface area contributed by atoms with Gasteiger partial charge < -0.3 is 11.1 Å². The van der Waals surface area contributed by atoms with Gasteiger partial charge in [-0.25, -0.2) is 0 Å². The molecular weight excluding hydrogens is 272 g/mol. The Morgan fingerprint density at radius 2 is 2.25 bits per heavy atom. The number of nitrogens with one attached hydrogen (secondary N) is 1. The lowest BCUT2D eigenvalue weighted by Crippen LogP contribution is -2.26. The Hall–Kier alpha value is -1.56. The third kappa shape index (κ3) is 1.98. The van der Waals surface area contributed by atoms with Crippen molar-refractivity contribution in [3.63, 3.8) is 0 Å². The van der Waals surface area contributed by atoms with Crippen molar-refractivity contribution in [1.29, 1.82) is 0 Å². The monoisotopic (exact) mass is 292 g/mol. The van der Waals surface area contributed by atoms with Crippen LogP contribution in [0.25, 0.3) is 10.2 Å². The van der Waals surface area contributed by atoms with E-state index in [0.29, 0.717) is 21.9 Å². The number of nitrogens with zero attached hydrogens (tertiary/aromatic N) is 2. The van der Waals surface area contributed by atoms with E-state index in [1.807, 2.05) is 14.0 Å². The summed E-state index contributed by atoms with van der Waals surface area (Å²) in [4.78, 5) is 13.9. The molecule has 108 valence electrons. The first-order chi connectivity index (χ1) is 9.31. The number of aryl methyl sites for hydroxylation is 2. The number of hydrogen-bond donors (Lipinski definition) is 2. The Morgan fingerprint density at radius 1 is 1.60 bits per heavy atom. The molecule has 3 N–H and O–H groups in total. The van der Waals surface area contributed by atoms with E-state index in [9.17, 15) is 4.79 Å². The van der Waals surface area contributed by atoms with Crippen molar-refractivity contribution in [2.75, 3.05) is 12.3 Å².